The maximum absolute atomic E-state index is 12.1. The molecule has 1 aliphatic rings. The highest BCUT2D eigenvalue weighted by Crippen LogP contribution is 2.31. The van der Waals surface area contributed by atoms with Crippen molar-refractivity contribution < 1.29 is 19.4 Å². The molecule has 0 saturated carbocycles. The van der Waals surface area contributed by atoms with Gasteiger partial charge in [0.05, 0.1) is 17.6 Å². The van der Waals surface area contributed by atoms with Crippen molar-refractivity contribution in [2.75, 3.05) is 6.61 Å². The van der Waals surface area contributed by atoms with Crippen LogP contribution in [0.4, 0.5) is 0 Å². The van der Waals surface area contributed by atoms with Gasteiger partial charge in [-0.15, -0.1) is 0 Å². The Morgan fingerprint density at radius 1 is 1.52 bits per heavy atom. The number of hydrogen-bond acceptors (Lipinski definition) is 6. The fourth-order valence-electron chi connectivity index (χ4n) is 2.37. The molecule has 2 rings (SSSR count). The quantitative estimate of drug-likeness (QED) is 0.711. The largest absolute Gasteiger partial charge is 0.459 e. The van der Waals surface area contributed by atoms with Crippen LogP contribution in [-0.2, 0) is 14.3 Å². The van der Waals surface area contributed by atoms with E-state index < -0.39 is 41.1 Å². The van der Waals surface area contributed by atoms with Crippen molar-refractivity contribution in [2.45, 2.75) is 45.6 Å². The summed E-state index contributed by atoms with van der Waals surface area (Å²) in [7, 11) is 0. The molecular formula is C16H21BrN2O6. The summed E-state index contributed by atoms with van der Waals surface area (Å²) in [4.78, 5) is 39.6. The Labute approximate surface area is 152 Å². The first-order valence-corrected chi connectivity index (χ1v) is 8.68. The highest BCUT2D eigenvalue weighted by Gasteiger charge is 2.40. The van der Waals surface area contributed by atoms with Crippen molar-refractivity contribution in [3.63, 3.8) is 0 Å². The molecule has 0 aromatic carbocycles. The van der Waals surface area contributed by atoms with E-state index in [1.165, 1.54) is 21.8 Å². The van der Waals surface area contributed by atoms with E-state index in [1.807, 2.05) is 0 Å². The number of carbonyl (C=O) groups is 1. The topological polar surface area (TPSA) is 111 Å². The number of nitrogens with zero attached hydrogens (tertiary/aromatic N) is 1. The molecule has 2 N–H and O–H groups in total. The Kier molecular flexibility index (Phi) is 6.02. The Morgan fingerprint density at radius 2 is 2.20 bits per heavy atom. The summed E-state index contributed by atoms with van der Waals surface area (Å²) in [5, 5.41) is 9.49. The molecule has 138 valence electrons. The standard InChI is InChI=1S/C16H21BrN2O6/c1-16(2,3)14(22)25-10-6-12(24-11(10)8-20)19-7-9(4-5-17)13(21)18-15(19)23/h4-5,7,10-12,20H,6,8H2,1-3H3,(H,18,21,23)/b5-4+/t10-,11+,12+/m0/s1. The minimum Gasteiger partial charge on any atom is -0.459 e. The lowest BCUT2D eigenvalue weighted by Crippen LogP contribution is -2.34. The molecule has 3 atom stereocenters. The van der Waals surface area contributed by atoms with E-state index in [0.717, 1.165) is 0 Å². The number of aromatic amines is 1. The molecule has 1 aliphatic heterocycles. The average Bonchev–Trinajstić information content (AvgIpc) is 2.91. The van der Waals surface area contributed by atoms with Crippen molar-refractivity contribution in [2.24, 2.45) is 5.41 Å². The van der Waals surface area contributed by atoms with Crippen LogP contribution in [0.2, 0.25) is 0 Å². The first-order valence-electron chi connectivity index (χ1n) is 7.77. The Morgan fingerprint density at radius 3 is 2.76 bits per heavy atom. The summed E-state index contributed by atoms with van der Waals surface area (Å²) in [6.07, 6.45) is 0.857. The van der Waals surface area contributed by atoms with Gasteiger partial charge in [-0.3, -0.25) is 19.1 Å². The molecule has 2 heterocycles. The lowest BCUT2D eigenvalue weighted by atomic mass is 9.97. The lowest BCUT2D eigenvalue weighted by molar-refractivity contribution is -0.162. The number of aromatic nitrogens is 2. The van der Waals surface area contributed by atoms with E-state index in [9.17, 15) is 19.5 Å². The summed E-state index contributed by atoms with van der Waals surface area (Å²) < 4.78 is 12.3. The number of aliphatic hydroxyl groups is 1. The van der Waals surface area contributed by atoms with Gasteiger partial charge in [0, 0.05) is 12.6 Å². The maximum Gasteiger partial charge on any atom is 0.330 e. The Hall–Kier alpha value is -1.71. The summed E-state index contributed by atoms with van der Waals surface area (Å²) in [6, 6.07) is 0. The molecule has 25 heavy (non-hydrogen) atoms. The monoisotopic (exact) mass is 416 g/mol. The fraction of sp³-hybridized carbons (Fsp3) is 0.562. The van der Waals surface area contributed by atoms with Crippen molar-refractivity contribution in [1.29, 1.82) is 0 Å². The molecule has 0 unspecified atom stereocenters. The number of ether oxygens (including phenoxy) is 2. The van der Waals surface area contributed by atoms with Crippen LogP contribution in [0.1, 0.15) is 39.0 Å². The lowest BCUT2D eigenvalue weighted by Gasteiger charge is -2.22. The summed E-state index contributed by atoms with van der Waals surface area (Å²) in [6.45, 7) is 4.82. The van der Waals surface area contributed by atoms with Gasteiger partial charge in [0.1, 0.15) is 18.4 Å². The second-order valence-electron chi connectivity index (χ2n) is 6.78. The van der Waals surface area contributed by atoms with E-state index in [0.29, 0.717) is 0 Å². The van der Waals surface area contributed by atoms with Gasteiger partial charge in [0.15, 0.2) is 0 Å². The molecule has 0 amide bonds. The highest BCUT2D eigenvalue weighted by molar-refractivity contribution is 9.11. The normalized spacial score (nSPS) is 24.0. The molecule has 8 nitrogen and oxygen atoms in total. The maximum atomic E-state index is 12.1. The van der Waals surface area contributed by atoms with Crippen LogP contribution in [-0.4, -0.2) is 39.4 Å². The molecular weight excluding hydrogens is 396 g/mol. The first-order chi connectivity index (χ1) is 11.7. The molecule has 0 aliphatic carbocycles. The second-order valence-corrected chi connectivity index (χ2v) is 7.31. The zero-order chi connectivity index (χ0) is 18.8. The van der Waals surface area contributed by atoms with Gasteiger partial charge in [-0.05, 0) is 31.8 Å². The third-order valence-electron chi connectivity index (χ3n) is 3.78. The predicted octanol–water partition coefficient (Wildman–Crippen LogP) is 1.14. The van der Waals surface area contributed by atoms with Crippen molar-refractivity contribution in [3.05, 3.63) is 37.6 Å². The first kappa shape index (κ1) is 19.6. The van der Waals surface area contributed by atoms with Crippen molar-refractivity contribution in [3.8, 4) is 0 Å². The summed E-state index contributed by atoms with van der Waals surface area (Å²) in [5.41, 5.74) is -1.60. The van der Waals surface area contributed by atoms with E-state index in [4.69, 9.17) is 9.47 Å². The molecule has 0 radical (unpaired) electrons. The van der Waals surface area contributed by atoms with Crippen molar-refractivity contribution in [1.82, 2.24) is 9.55 Å². The summed E-state index contributed by atoms with van der Waals surface area (Å²) >= 11 is 3.08. The number of H-pyrrole nitrogens is 1. The van der Waals surface area contributed by atoms with Crippen LogP contribution in [0.5, 0.6) is 0 Å². The fourth-order valence-corrected chi connectivity index (χ4v) is 2.66. The van der Waals surface area contributed by atoms with Crippen LogP contribution in [0, 0.1) is 5.41 Å². The van der Waals surface area contributed by atoms with Gasteiger partial charge in [0.25, 0.3) is 5.56 Å². The number of carbonyl (C=O) groups excluding carboxylic acids is 1. The molecule has 9 heteroatoms. The summed E-state index contributed by atoms with van der Waals surface area (Å²) in [5.74, 6) is -0.420. The van der Waals surface area contributed by atoms with Crippen LogP contribution >= 0.6 is 15.9 Å². The van der Waals surface area contributed by atoms with Gasteiger partial charge in [-0.1, -0.05) is 15.9 Å². The van der Waals surface area contributed by atoms with Gasteiger partial charge in [-0.25, -0.2) is 4.79 Å². The van der Waals surface area contributed by atoms with Crippen LogP contribution in [0.15, 0.2) is 20.8 Å². The average molecular weight is 417 g/mol. The molecule has 1 fully saturated rings. The number of nitrogens with one attached hydrogen (secondary N) is 1. The van der Waals surface area contributed by atoms with Crippen LogP contribution < -0.4 is 11.2 Å². The Balaban J connectivity index is 2.28. The zero-order valence-corrected chi connectivity index (χ0v) is 15.8. The minimum atomic E-state index is -0.762. The minimum absolute atomic E-state index is 0.191. The van der Waals surface area contributed by atoms with Crippen LogP contribution in [0.25, 0.3) is 6.08 Å². The third-order valence-corrected chi connectivity index (χ3v) is 4.04. The van der Waals surface area contributed by atoms with Crippen LogP contribution in [0.3, 0.4) is 0 Å². The van der Waals surface area contributed by atoms with E-state index in [2.05, 4.69) is 20.9 Å². The van der Waals surface area contributed by atoms with E-state index in [1.54, 1.807) is 20.8 Å². The van der Waals surface area contributed by atoms with Crippen molar-refractivity contribution >= 4 is 28.0 Å². The van der Waals surface area contributed by atoms with E-state index in [-0.39, 0.29) is 18.6 Å². The number of hydrogen-bond donors (Lipinski definition) is 2. The number of esters is 1. The molecule has 0 bridgehead atoms. The van der Waals surface area contributed by atoms with Gasteiger partial charge in [0.2, 0.25) is 0 Å². The smallest absolute Gasteiger partial charge is 0.330 e. The molecule has 1 aromatic heterocycles. The van der Waals surface area contributed by atoms with Gasteiger partial charge >= 0.3 is 11.7 Å². The zero-order valence-electron chi connectivity index (χ0n) is 14.2. The molecule has 1 aromatic rings. The van der Waals surface area contributed by atoms with Gasteiger partial charge in [-0.2, -0.15) is 0 Å². The molecule has 1 saturated heterocycles. The predicted molar refractivity (Wildman–Crippen MR) is 94.2 cm³/mol. The number of aliphatic hydroxyl groups excluding tert-OH is 1. The van der Waals surface area contributed by atoms with E-state index >= 15 is 0 Å². The van der Waals surface area contributed by atoms with Gasteiger partial charge < -0.3 is 14.6 Å². The second kappa shape index (κ2) is 7.67. The number of halogens is 1. The number of rotatable bonds is 4. The molecule has 0 spiro atoms. The Bertz CT molecular complexity index is 776. The SMILES string of the molecule is CC(C)(C)C(=O)O[C@H]1C[C@H](n2cc(/C=C/Br)c(=O)[nH]c2=O)O[C@@H]1CO. The third kappa shape index (κ3) is 4.47. The highest BCUT2D eigenvalue weighted by atomic mass is 79.9.